The van der Waals surface area contributed by atoms with E-state index in [4.69, 9.17) is 5.11 Å². The molecule has 2 aromatic rings. The minimum atomic E-state index is 0.214. The first kappa shape index (κ1) is 6.84. The van der Waals surface area contributed by atoms with E-state index in [-0.39, 0.29) is 5.75 Å². The molecular formula is C8H5N2O2. The maximum atomic E-state index is 8.98. The van der Waals surface area contributed by atoms with E-state index >= 15 is 0 Å². The van der Waals surface area contributed by atoms with Crippen molar-refractivity contribution in [2.45, 2.75) is 0 Å². The van der Waals surface area contributed by atoms with Crippen molar-refractivity contribution in [3.63, 3.8) is 0 Å². The van der Waals surface area contributed by atoms with E-state index < -0.39 is 0 Å². The van der Waals surface area contributed by atoms with Crippen molar-refractivity contribution in [3.8, 4) is 17.1 Å². The van der Waals surface area contributed by atoms with Gasteiger partial charge in [0.25, 0.3) is 0 Å². The van der Waals surface area contributed by atoms with Crippen LogP contribution in [0, 0.1) is 6.39 Å². The highest BCUT2D eigenvalue weighted by Crippen LogP contribution is 2.17. The summed E-state index contributed by atoms with van der Waals surface area (Å²) in [5.74, 6) is 0.682. The molecule has 1 N–H and O–H groups in total. The summed E-state index contributed by atoms with van der Waals surface area (Å²) in [5.41, 5.74) is 0.790. The van der Waals surface area contributed by atoms with Crippen molar-refractivity contribution in [1.82, 2.24) is 10.1 Å². The first-order chi connectivity index (χ1) is 5.86. The van der Waals surface area contributed by atoms with Crippen molar-refractivity contribution in [1.29, 1.82) is 0 Å². The van der Waals surface area contributed by atoms with Gasteiger partial charge in [0.05, 0.1) is 0 Å². The van der Waals surface area contributed by atoms with Gasteiger partial charge >= 0.3 is 6.39 Å². The Balaban J connectivity index is 2.43. The van der Waals surface area contributed by atoms with Gasteiger partial charge in [-0.05, 0) is 24.3 Å². The van der Waals surface area contributed by atoms with Crippen LogP contribution in [0.5, 0.6) is 5.75 Å². The van der Waals surface area contributed by atoms with Crippen molar-refractivity contribution in [3.05, 3.63) is 30.7 Å². The largest absolute Gasteiger partial charge is 0.508 e. The molecule has 0 saturated heterocycles. The molecule has 1 aromatic heterocycles. The molecule has 2 rings (SSSR count). The molecule has 0 spiro atoms. The van der Waals surface area contributed by atoms with E-state index in [0.717, 1.165) is 5.56 Å². The van der Waals surface area contributed by atoms with Gasteiger partial charge < -0.3 is 9.63 Å². The Morgan fingerprint density at radius 1 is 1.25 bits per heavy atom. The molecule has 0 bridgehead atoms. The van der Waals surface area contributed by atoms with Gasteiger partial charge in [-0.3, -0.25) is 0 Å². The van der Waals surface area contributed by atoms with E-state index in [0.29, 0.717) is 5.82 Å². The van der Waals surface area contributed by atoms with Crippen LogP contribution in [0.25, 0.3) is 11.4 Å². The SMILES string of the molecule is Oc1ccc(-c2n[c]on2)cc1. The van der Waals surface area contributed by atoms with Crippen LogP contribution in [0.3, 0.4) is 0 Å². The molecule has 4 heteroatoms. The molecule has 0 aliphatic heterocycles. The normalized spacial score (nSPS) is 10.0. The molecule has 0 saturated carbocycles. The molecule has 1 aromatic carbocycles. The molecule has 1 radical (unpaired) electrons. The van der Waals surface area contributed by atoms with Crippen LogP contribution >= 0.6 is 0 Å². The fraction of sp³-hybridized carbons (Fsp3) is 0. The molecule has 0 atom stereocenters. The second kappa shape index (κ2) is 2.65. The number of aromatic nitrogens is 2. The summed E-state index contributed by atoms with van der Waals surface area (Å²) in [6, 6.07) is 6.53. The molecule has 0 unspecified atom stereocenters. The summed E-state index contributed by atoms with van der Waals surface area (Å²) in [4.78, 5) is 3.73. The zero-order valence-electron chi connectivity index (χ0n) is 6.06. The lowest BCUT2D eigenvalue weighted by atomic mass is 10.2. The first-order valence-electron chi connectivity index (χ1n) is 3.35. The number of rotatable bonds is 1. The van der Waals surface area contributed by atoms with E-state index in [1.807, 2.05) is 0 Å². The van der Waals surface area contributed by atoms with E-state index in [1.165, 1.54) is 0 Å². The van der Waals surface area contributed by atoms with Crippen LogP contribution in [0.1, 0.15) is 0 Å². The number of phenols is 1. The topological polar surface area (TPSA) is 59.2 Å². The number of aromatic hydroxyl groups is 1. The number of benzene rings is 1. The van der Waals surface area contributed by atoms with Crippen molar-refractivity contribution >= 4 is 0 Å². The predicted octanol–water partition coefficient (Wildman–Crippen LogP) is 1.24. The van der Waals surface area contributed by atoms with Gasteiger partial charge in [-0.15, -0.1) is 0 Å². The minimum absolute atomic E-state index is 0.214. The van der Waals surface area contributed by atoms with Crippen LogP contribution in [0.15, 0.2) is 28.8 Å². The summed E-state index contributed by atoms with van der Waals surface area (Å²) in [5, 5.41) is 12.6. The lowest BCUT2D eigenvalue weighted by Gasteiger charge is -1.93. The summed E-state index contributed by atoms with van der Waals surface area (Å²) >= 11 is 0. The summed E-state index contributed by atoms with van der Waals surface area (Å²) in [6.45, 7) is 0. The maximum absolute atomic E-state index is 8.98. The quantitative estimate of drug-likeness (QED) is 0.683. The van der Waals surface area contributed by atoms with Crippen LogP contribution in [0.4, 0.5) is 0 Å². The molecule has 12 heavy (non-hydrogen) atoms. The zero-order valence-corrected chi connectivity index (χ0v) is 6.06. The Morgan fingerprint density at radius 2 is 2.00 bits per heavy atom. The molecule has 0 aliphatic carbocycles. The van der Waals surface area contributed by atoms with Crippen LogP contribution in [0.2, 0.25) is 0 Å². The average Bonchev–Trinajstić information content (AvgIpc) is 2.58. The van der Waals surface area contributed by atoms with Crippen molar-refractivity contribution in [2.24, 2.45) is 0 Å². The van der Waals surface area contributed by atoms with E-state index in [9.17, 15) is 0 Å². The Morgan fingerprint density at radius 3 is 2.58 bits per heavy atom. The van der Waals surface area contributed by atoms with Gasteiger partial charge in [-0.2, -0.15) is 4.98 Å². The standard InChI is InChI=1S/C8H5N2O2/c11-7-3-1-6(2-4-7)8-9-5-12-10-8/h1-4,11H. The van der Waals surface area contributed by atoms with Crippen LogP contribution in [-0.2, 0) is 0 Å². The van der Waals surface area contributed by atoms with E-state index in [2.05, 4.69) is 21.1 Å². The van der Waals surface area contributed by atoms with Gasteiger partial charge in [0, 0.05) is 5.56 Å². The highest BCUT2D eigenvalue weighted by molar-refractivity contribution is 5.54. The minimum Gasteiger partial charge on any atom is -0.508 e. The third kappa shape index (κ3) is 1.14. The van der Waals surface area contributed by atoms with Gasteiger partial charge in [0.2, 0.25) is 5.82 Å². The fourth-order valence-corrected chi connectivity index (χ4v) is 0.875. The highest BCUT2D eigenvalue weighted by Gasteiger charge is 2.01. The van der Waals surface area contributed by atoms with Gasteiger partial charge in [-0.25, -0.2) is 0 Å². The second-order valence-corrected chi connectivity index (χ2v) is 2.26. The summed E-state index contributed by atoms with van der Waals surface area (Å²) in [7, 11) is 0. The third-order valence-electron chi connectivity index (χ3n) is 1.45. The molecule has 59 valence electrons. The fourth-order valence-electron chi connectivity index (χ4n) is 0.875. The second-order valence-electron chi connectivity index (χ2n) is 2.26. The highest BCUT2D eigenvalue weighted by atomic mass is 16.5. The number of phenolic OH excluding ortho intramolecular Hbond substituents is 1. The molecule has 0 fully saturated rings. The maximum Gasteiger partial charge on any atom is 0.316 e. The number of nitrogens with zero attached hydrogens (tertiary/aromatic N) is 2. The van der Waals surface area contributed by atoms with Crippen LogP contribution in [-0.4, -0.2) is 15.2 Å². The molecule has 0 amide bonds. The Hall–Kier alpha value is -1.84. The zero-order chi connectivity index (χ0) is 8.39. The molecule has 4 nitrogen and oxygen atoms in total. The van der Waals surface area contributed by atoms with Gasteiger partial charge in [-0.1, -0.05) is 5.16 Å². The smallest absolute Gasteiger partial charge is 0.316 e. The lowest BCUT2D eigenvalue weighted by Crippen LogP contribution is -1.78. The summed E-state index contributed by atoms with van der Waals surface area (Å²) < 4.78 is 4.45. The molecule has 0 aliphatic rings. The van der Waals surface area contributed by atoms with E-state index in [1.54, 1.807) is 24.3 Å². The lowest BCUT2D eigenvalue weighted by molar-refractivity contribution is 0.411. The number of hydrogen-bond acceptors (Lipinski definition) is 4. The van der Waals surface area contributed by atoms with Crippen LogP contribution < -0.4 is 0 Å². The summed E-state index contributed by atoms with van der Waals surface area (Å²) in [6.07, 6.45) is 2.24. The Kier molecular flexibility index (Phi) is 1.51. The average molecular weight is 161 g/mol. The Bertz CT molecular complexity index is 353. The van der Waals surface area contributed by atoms with Crippen molar-refractivity contribution < 1.29 is 9.63 Å². The monoisotopic (exact) mass is 161 g/mol. The van der Waals surface area contributed by atoms with Crippen molar-refractivity contribution in [2.75, 3.05) is 0 Å². The van der Waals surface area contributed by atoms with Gasteiger partial charge in [0.15, 0.2) is 0 Å². The third-order valence-corrected chi connectivity index (χ3v) is 1.45. The first-order valence-corrected chi connectivity index (χ1v) is 3.35. The number of hydrogen-bond donors (Lipinski definition) is 1. The van der Waals surface area contributed by atoms with Gasteiger partial charge in [0.1, 0.15) is 5.75 Å². The molecule has 1 heterocycles. The molecular weight excluding hydrogens is 156 g/mol. The predicted molar refractivity (Wildman–Crippen MR) is 40.2 cm³/mol. The Labute approximate surface area is 68.5 Å².